The molecular formula is C12H16S. The fraction of sp³-hybridized carbons (Fsp3) is 0.500. The van der Waals surface area contributed by atoms with Crippen molar-refractivity contribution in [1.29, 1.82) is 0 Å². The first-order valence-corrected chi connectivity index (χ1v) is 5.63. The second-order valence-corrected chi connectivity index (χ2v) is 5.28. The van der Waals surface area contributed by atoms with Gasteiger partial charge in [-0.3, -0.25) is 0 Å². The van der Waals surface area contributed by atoms with Crippen molar-refractivity contribution < 1.29 is 0 Å². The Morgan fingerprint density at radius 3 is 2.23 bits per heavy atom. The van der Waals surface area contributed by atoms with E-state index in [1.54, 1.807) is 16.0 Å². The second kappa shape index (κ2) is 2.71. The Hall–Kier alpha value is -0.560. The van der Waals surface area contributed by atoms with Gasteiger partial charge in [0.05, 0.1) is 0 Å². The number of aryl methyl sites for hydroxylation is 1. The molecule has 0 saturated heterocycles. The van der Waals surface area contributed by atoms with Gasteiger partial charge in [0.2, 0.25) is 0 Å². The van der Waals surface area contributed by atoms with Gasteiger partial charge in [-0.05, 0) is 44.4 Å². The highest BCUT2D eigenvalue weighted by atomic mass is 32.1. The molecule has 0 aliphatic heterocycles. The Morgan fingerprint density at radius 1 is 1.08 bits per heavy atom. The zero-order valence-corrected chi connectivity index (χ0v) is 9.80. The molecule has 0 N–H and O–H groups in total. The van der Waals surface area contributed by atoms with Crippen molar-refractivity contribution >= 4 is 16.9 Å². The molecule has 1 aliphatic carbocycles. The highest BCUT2D eigenvalue weighted by Gasteiger charge is 2.27. The van der Waals surface area contributed by atoms with E-state index in [9.17, 15) is 0 Å². The number of hydrogen-bond donors (Lipinski definition) is 0. The third kappa shape index (κ3) is 1.03. The van der Waals surface area contributed by atoms with Gasteiger partial charge in [0.15, 0.2) is 0 Å². The van der Waals surface area contributed by atoms with Crippen molar-refractivity contribution in [3.63, 3.8) is 0 Å². The summed E-state index contributed by atoms with van der Waals surface area (Å²) in [5, 5.41) is 0. The van der Waals surface area contributed by atoms with Crippen LogP contribution in [0.2, 0.25) is 0 Å². The minimum absolute atomic E-state index is 0.653. The van der Waals surface area contributed by atoms with Gasteiger partial charge in [0.25, 0.3) is 0 Å². The minimum atomic E-state index is 0.653. The molecule has 13 heavy (non-hydrogen) atoms. The van der Waals surface area contributed by atoms with E-state index < -0.39 is 0 Å². The maximum absolute atomic E-state index is 2.32. The molecular weight excluding hydrogens is 176 g/mol. The van der Waals surface area contributed by atoms with Crippen LogP contribution in [-0.4, -0.2) is 0 Å². The molecule has 0 unspecified atom stereocenters. The molecule has 0 amide bonds. The lowest BCUT2D eigenvalue weighted by Crippen LogP contribution is -1.91. The molecule has 2 rings (SSSR count). The summed E-state index contributed by atoms with van der Waals surface area (Å²) in [6.45, 7) is 11.3. The molecule has 1 heterocycles. The molecule has 0 spiro atoms. The first-order valence-electron chi connectivity index (χ1n) is 4.81. The zero-order chi connectivity index (χ0) is 9.75. The first-order chi connectivity index (χ1) is 6.04. The average molecular weight is 192 g/mol. The van der Waals surface area contributed by atoms with Crippen molar-refractivity contribution in [3.05, 3.63) is 26.5 Å². The van der Waals surface area contributed by atoms with Crippen molar-refractivity contribution in [2.75, 3.05) is 0 Å². The fourth-order valence-corrected chi connectivity index (χ4v) is 3.49. The highest BCUT2D eigenvalue weighted by Crippen LogP contribution is 2.47. The third-order valence-corrected chi connectivity index (χ3v) is 4.79. The summed E-state index contributed by atoms with van der Waals surface area (Å²) in [5.41, 5.74) is 6.19. The molecule has 0 saturated carbocycles. The van der Waals surface area contributed by atoms with Crippen LogP contribution in [0.15, 0.2) is 5.57 Å². The number of hydrogen-bond acceptors (Lipinski definition) is 1. The largest absolute Gasteiger partial charge is 0.140 e. The molecule has 0 nitrogen and oxygen atoms in total. The van der Waals surface area contributed by atoms with Gasteiger partial charge in [0, 0.05) is 15.7 Å². The Morgan fingerprint density at radius 2 is 1.69 bits per heavy atom. The van der Waals surface area contributed by atoms with Crippen LogP contribution in [-0.2, 0) is 0 Å². The maximum Gasteiger partial charge on any atom is 0.0342 e. The van der Waals surface area contributed by atoms with Crippen LogP contribution in [0.5, 0.6) is 0 Å². The third-order valence-electron chi connectivity index (χ3n) is 3.45. The monoisotopic (exact) mass is 192 g/mol. The summed E-state index contributed by atoms with van der Waals surface area (Å²) in [6.07, 6.45) is 0. The molecule has 0 bridgehead atoms. The van der Waals surface area contributed by atoms with Crippen LogP contribution >= 0.6 is 11.3 Å². The summed E-state index contributed by atoms with van der Waals surface area (Å²) in [5.74, 6) is 0.653. The van der Waals surface area contributed by atoms with Crippen molar-refractivity contribution in [3.8, 4) is 0 Å². The van der Waals surface area contributed by atoms with Crippen LogP contribution < -0.4 is 0 Å². The predicted octanol–water partition coefficient (Wildman–Crippen LogP) is 4.28. The average Bonchev–Trinajstić information content (AvgIpc) is 2.48. The molecule has 0 aromatic carbocycles. The summed E-state index contributed by atoms with van der Waals surface area (Å²) in [6, 6.07) is 0. The number of allylic oxidation sites excluding steroid dienone is 2. The van der Waals surface area contributed by atoms with Crippen molar-refractivity contribution in [2.24, 2.45) is 0 Å². The normalized spacial score (nSPS) is 21.2. The van der Waals surface area contributed by atoms with Gasteiger partial charge in [0.1, 0.15) is 0 Å². The lowest BCUT2D eigenvalue weighted by Gasteiger charge is -2.07. The van der Waals surface area contributed by atoms with E-state index in [1.165, 1.54) is 16.0 Å². The lowest BCUT2D eigenvalue weighted by molar-refractivity contribution is 0.912. The molecule has 1 aromatic heterocycles. The van der Waals surface area contributed by atoms with Crippen molar-refractivity contribution in [2.45, 2.75) is 40.5 Å². The van der Waals surface area contributed by atoms with E-state index in [4.69, 9.17) is 0 Å². The Bertz CT molecular complexity index is 394. The van der Waals surface area contributed by atoms with Crippen LogP contribution in [0, 0.1) is 13.8 Å². The van der Waals surface area contributed by atoms with Gasteiger partial charge >= 0.3 is 0 Å². The van der Waals surface area contributed by atoms with E-state index in [1.807, 2.05) is 11.3 Å². The van der Waals surface area contributed by atoms with E-state index in [2.05, 4.69) is 34.6 Å². The zero-order valence-electron chi connectivity index (χ0n) is 8.99. The fourth-order valence-electron chi connectivity index (χ4n) is 2.16. The van der Waals surface area contributed by atoms with Crippen LogP contribution in [0.25, 0.3) is 5.57 Å². The van der Waals surface area contributed by atoms with Crippen LogP contribution in [0.4, 0.5) is 0 Å². The van der Waals surface area contributed by atoms with E-state index in [0.717, 1.165) is 0 Å². The number of thiophene rings is 1. The standard InChI is InChI=1S/C12H16S/c1-6-7(2)11-9(4)10(5)13-12(11)8(6)3/h7H,1-5H3/t7-/m0/s1. The summed E-state index contributed by atoms with van der Waals surface area (Å²) in [4.78, 5) is 3.03. The molecule has 1 aliphatic rings. The van der Waals surface area contributed by atoms with Gasteiger partial charge < -0.3 is 0 Å². The molecule has 70 valence electrons. The quantitative estimate of drug-likeness (QED) is 0.575. The van der Waals surface area contributed by atoms with Crippen molar-refractivity contribution in [1.82, 2.24) is 0 Å². The molecule has 0 radical (unpaired) electrons. The predicted molar refractivity (Wildman–Crippen MR) is 60.5 cm³/mol. The summed E-state index contributed by atoms with van der Waals surface area (Å²) >= 11 is 1.96. The molecule has 1 heteroatoms. The number of rotatable bonds is 0. The van der Waals surface area contributed by atoms with Gasteiger partial charge in [-0.15, -0.1) is 11.3 Å². The van der Waals surface area contributed by atoms with Crippen LogP contribution in [0.3, 0.4) is 0 Å². The summed E-state index contributed by atoms with van der Waals surface area (Å²) in [7, 11) is 0. The van der Waals surface area contributed by atoms with Gasteiger partial charge in [-0.25, -0.2) is 0 Å². The minimum Gasteiger partial charge on any atom is -0.140 e. The SMILES string of the molecule is CC1=C(C)[C@H](C)c2c1sc(C)c2C. The molecule has 0 fully saturated rings. The summed E-state index contributed by atoms with van der Waals surface area (Å²) < 4.78 is 0. The Kier molecular flexibility index (Phi) is 1.88. The Balaban J connectivity index is 2.70. The highest BCUT2D eigenvalue weighted by molar-refractivity contribution is 7.13. The Labute approximate surface area is 84.3 Å². The van der Waals surface area contributed by atoms with E-state index in [0.29, 0.717) is 5.92 Å². The molecule has 1 aromatic rings. The van der Waals surface area contributed by atoms with Gasteiger partial charge in [-0.2, -0.15) is 0 Å². The van der Waals surface area contributed by atoms with Crippen LogP contribution in [0.1, 0.15) is 47.6 Å². The lowest BCUT2D eigenvalue weighted by atomic mass is 9.97. The van der Waals surface area contributed by atoms with E-state index >= 15 is 0 Å². The topological polar surface area (TPSA) is 0 Å². The van der Waals surface area contributed by atoms with E-state index in [-0.39, 0.29) is 0 Å². The first kappa shape index (κ1) is 9.01. The molecule has 1 atom stereocenters. The smallest absolute Gasteiger partial charge is 0.0342 e. The number of fused-ring (bicyclic) bond motifs is 1. The second-order valence-electron chi connectivity index (χ2n) is 4.06. The van der Waals surface area contributed by atoms with Gasteiger partial charge in [-0.1, -0.05) is 12.5 Å². The maximum atomic E-state index is 2.32.